The number of carbonyl (C=O) groups excluding carboxylic acids is 1. The number of halogens is 2. The fraction of sp³-hybridized carbons (Fsp3) is 0.0667. The fourth-order valence-electron chi connectivity index (χ4n) is 1.72. The van der Waals surface area contributed by atoms with Crippen molar-refractivity contribution in [3.05, 3.63) is 64.2 Å². The van der Waals surface area contributed by atoms with E-state index in [0.29, 0.717) is 17.1 Å². The molecule has 0 atom stereocenters. The summed E-state index contributed by atoms with van der Waals surface area (Å²) in [7, 11) is 0. The maximum Gasteiger partial charge on any atom is 0.337 e. The lowest BCUT2D eigenvalue weighted by Crippen LogP contribution is -2.12. The van der Waals surface area contributed by atoms with Gasteiger partial charge in [-0.05, 0) is 35.9 Å². The van der Waals surface area contributed by atoms with Crippen molar-refractivity contribution in [1.82, 2.24) is 0 Å². The molecule has 0 fully saturated rings. The van der Waals surface area contributed by atoms with Gasteiger partial charge in [0.25, 0.3) is 5.91 Å². The van der Waals surface area contributed by atoms with Crippen molar-refractivity contribution in [3.63, 3.8) is 0 Å². The largest absolute Gasteiger partial charge is 0.478 e. The van der Waals surface area contributed by atoms with Crippen LogP contribution in [0, 0.1) is 0 Å². The van der Waals surface area contributed by atoms with Gasteiger partial charge < -0.3 is 10.4 Å². The third kappa shape index (κ3) is 3.74. The number of hydrogen-bond donors (Lipinski definition) is 2. The highest BCUT2D eigenvalue weighted by atomic mass is 35.5. The van der Waals surface area contributed by atoms with Crippen LogP contribution in [0.25, 0.3) is 0 Å². The molecule has 0 heterocycles. The second-order valence-electron chi connectivity index (χ2n) is 4.28. The van der Waals surface area contributed by atoms with Gasteiger partial charge in [0.1, 0.15) is 0 Å². The maximum absolute atomic E-state index is 12.1. The molecule has 1 amide bonds. The van der Waals surface area contributed by atoms with Gasteiger partial charge in [-0.2, -0.15) is 0 Å². The molecule has 2 aromatic rings. The monoisotopic (exact) mass is 323 g/mol. The van der Waals surface area contributed by atoms with Crippen LogP contribution in [0.1, 0.15) is 26.3 Å². The first-order valence-electron chi connectivity index (χ1n) is 6.00. The Bertz CT molecular complexity index is 684. The van der Waals surface area contributed by atoms with Crippen molar-refractivity contribution < 1.29 is 14.7 Å². The number of carbonyl (C=O) groups is 2. The zero-order valence-corrected chi connectivity index (χ0v) is 12.3. The van der Waals surface area contributed by atoms with Gasteiger partial charge in [0.15, 0.2) is 0 Å². The predicted molar refractivity (Wildman–Crippen MR) is 82.4 cm³/mol. The summed E-state index contributed by atoms with van der Waals surface area (Å²) >= 11 is 11.5. The van der Waals surface area contributed by atoms with E-state index in [4.69, 9.17) is 28.3 Å². The van der Waals surface area contributed by atoms with Gasteiger partial charge in [0.05, 0.1) is 10.6 Å². The van der Waals surface area contributed by atoms with E-state index in [-0.39, 0.29) is 16.5 Å². The van der Waals surface area contributed by atoms with Crippen LogP contribution in [0.4, 0.5) is 5.69 Å². The Morgan fingerprint density at radius 2 is 1.76 bits per heavy atom. The van der Waals surface area contributed by atoms with E-state index >= 15 is 0 Å². The van der Waals surface area contributed by atoms with Crippen LogP contribution in [0.15, 0.2) is 42.5 Å². The van der Waals surface area contributed by atoms with E-state index in [2.05, 4.69) is 5.32 Å². The molecule has 4 nitrogen and oxygen atoms in total. The normalized spacial score (nSPS) is 10.2. The molecule has 0 aliphatic carbocycles. The molecule has 2 rings (SSSR count). The van der Waals surface area contributed by atoms with Crippen molar-refractivity contribution in [2.45, 2.75) is 5.88 Å². The Morgan fingerprint density at radius 1 is 1.10 bits per heavy atom. The molecule has 2 aromatic carbocycles. The van der Waals surface area contributed by atoms with Crippen LogP contribution in [0.2, 0.25) is 5.02 Å². The topological polar surface area (TPSA) is 66.4 Å². The quantitative estimate of drug-likeness (QED) is 0.835. The highest BCUT2D eigenvalue weighted by Crippen LogP contribution is 2.21. The van der Waals surface area contributed by atoms with Crippen molar-refractivity contribution in [1.29, 1.82) is 0 Å². The first-order valence-corrected chi connectivity index (χ1v) is 6.91. The number of aromatic carboxylic acids is 1. The number of carboxylic acids is 1. The van der Waals surface area contributed by atoms with Gasteiger partial charge in [-0.25, -0.2) is 4.79 Å². The Kier molecular flexibility index (Phi) is 4.83. The van der Waals surface area contributed by atoms with Gasteiger partial charge in [0, 0.05) is 17.1 Å². The maximum atomic E-state index is 12.1. The van der Waals surface area contributed by atoms with Crippen LogP contribution in [-0.4, -0.2) is 17.0 Å². The van der Waals surface area contributed by atoms with E-state index in [1.165, 1.54) is 12.1 Å². The molecule has 6 heteroatoms. The Hall–Kier alpha value is -2.04. The molecule has 0 aliphatic rings. The lowest BCUT2D eigenvalue weighted by atomic mass is 10.1. The van der Waals surface area contributed by atoms with Crippen LogP contribution < -0.4 is 5.32 Å². The van der Waals surface area contributed by atoms with Crippen molar-refractivity contribution in [2.75, 3.05) is 5.32 Å². The minimum absolute atomic E-state index is 0.0630. The average molecular weight is 324 g/mol. The summed E-state index contributed by atoms with van der Waals surface area (Å²) in [5.74, 6) is -1.11. The zero-order chi connectivity index (χ0) is 15.4. The third-order valence-corrected chi connectivity index (χ3v) is 3.46. The SMILES string of the molecule is O=C(Nc1ccc(Cl)c(C(=O)O)c1)c1ccc(CCl)cc1. The Balaban J connectivity index is 2.19. The zero-order valence-electron chi connectivity index (χ0n) is 10.8. The molecular weight excluding hydrogens is 313 g/mol. The highest BCUT2D eigenvalue weighted by molar-refractivity contribution is 6.33. The lowest BCUT2D eigenvalue weighted by molar-refractivity contribution is 0.0696. The first-order chi connectivity index (χ1) is 10.0. The molecule has 0 radical (unpaired) electrons. The van der Waals surface area contributed by atoms with Gasteiger partial charge in [0.2, 0.25) is 0 Å². The molecule has 0 unspecified atom stereocenters. The average Bonchev–Trinajstić information content (AvgIpc) is 2.49. The highest BCUT2D eigenvalue weighted by Gasteiger charge is 2.11. The second kappa shape index (κ2) is 6.61. The minimum Gasteiger partial charge on any atom is -0.478 e. The summed E-state index contributed by atoms with van der Waals surface area (Å²) in [6, 6.07) is 11.1. The van der Waals surface area contributed by atoms with E-state index < -0.39 is 5.97 Å². The van der Waals surface area contributed by atoms with Gasteiger partial charge in [-0.1, -0.05) is 23.7 Å². The van der Waals surface area contributed by atoms with E-state index in [1.54, 1.807) is 30.3 Å². The van der Waals surface area contributed by atoms with E-state index in [1.807, 2.05) is 0 Å². The molecule has 0 saturated carbocycles. The lowest BCUT2D eigenvalue weighted by Gasteiger charge is -2.07. The Labute approximate surface area is 131 Å². The van der Waals surface area contributed by atoms with Crippen LogP contribution in [-0.2, 0) is 5.88 Å². The molecule has 0 bridgehead atoms. The summed E-state index contributed by atoms with van der Waals surface area (Å²) in [4.78, 5) is 23.0. The number of amides is 1. The van der Waals surface area contributed by atoms with Crippen LogP contribution in [0.3, 0.4) is 0 Å². The molecular formula is C15H11Cl2NO3. The van der Waals surface area contributed by atoms with Gasteiger partial charge >= 0.3 is 5.97 Å². The van der Waals surface area contributed by atoms with Crippen molar-refractivity contribution in [3.8, 4) is 0 Å². The number of benzene rings is 2. The molecule has 0 aliphatic heterocycles. The predicted octanol–water partition coefficient (Wildman–Crippen LogP) is 4.03. The molecule has 0 aromatic heterocycles. The summed E-state index contributed by atoms with van der Waals surface area (Å²) in [6.07, 6.45) is 0. The molecule has 21 heavy (non-hydrogen) atoms. The van der Waals surface area contributed by atoms with Crippen molar-refractivity contribution >= 4 is 40.8 Å². The fourth-order valence-corrected chi connectivity index (χ4v) is 2.09. The number of carboxylic acid groups (broad SMARTS) is 1. The van der Waals surface area contributed by atoms with Gasteiger partial charge in [-0.15, -0.1) is 11.6 Å². The molecule has 0 saturated heterocycles. The number of anilines is 1. The van der Waals surface area contributed by atoms with E-state index in [0.717, 1.165) is 5.56 Å². The number of nitrogens with one attached hydrogen (secondary N) is 1. The molecule has 108 valence electrons. The minimum atomic E-state index is -1.15. The summed E-state index contributed by atoms with van der Waals surface area (Å²) in [5.41, 5.74) is 1.67. The molecule has 2 N–H and O–H groups in total. The van der Waals surface area contributed by atoms with Crippen LogP contribution in [0.5, 0.6) is 0 Å². The smallest absolute Gasteiger partial charge is 0.337 e. The number of rotatable bonds is 4. The number of hydrogen-bond acceptors (Lipinski definition) is 2. The van der Waals surface area contributed by atoms with Gasteiger partial charge in [-0.3, -0.25) is 4.79 Å². The Morgan fingerprint density at radius 3 is 2.33 bits per heavy atom. The van der Waals surface area contributed by atoms with Crippen LogP contribution >= 0.6 is 23.2 Å². The number of alkyl halides is 1. The second-order valence-corrected chi connectivity index (χ2v) is 4.96. The first kappa shape index (κ1) is 15.4. The third-order valence-electron chi connectivity index (χ3n) is 2.83. The van der Waals surface area contributed by atoms with E-state index in [9.17, 15) is 9.59 Å². The van der Waals surface area contributed by atoms with Crippen molar-refractivity contribution in [2.24, 2.45) is 0 Å². The molecule has 0 spiro atoms. The standard InChI is InChI=1S/C15H11Cl2NO3/c16-8-9-1-3-10(4-2-9)14(19)18-11-5-6-13(17)12(7-11)15(20)21/h1-7H,8H2,(H,18,19)(H,20,21). The summed E-state index contributed by atoms with van der Waals surface area (Å²) in [6.45, 7) is 0. The summed E-state index contributed by atoms with van der Waals surface area (Å²) in [5, 5.41) is 11.7. The summed E-state index contributed by atoms with van der Waals surface area (Å²) < 4.78 is 0.